The number of rotatable bonds is 13. The van der Waals surface area contributed by atoms with Crippen molar-refractivity contribution in [2.24, 2.45) is 0 Å². The van der Waals surface area contributed by atoms with E-state index < -0.39 is 37.7 Å². The average molecular weight is 609 g/mol. The highest BCUT2D eigenvalue weighted by molar-refractivity contribution is 8.07. The zero-order valence-corrected chi connectivity index (χ0v) is 25.2. The van der Waals surface area contributed by atoms with Crippen molar-refractivity contribution < 1.29 is 26.4 Å². The Morgan fingerprint density at radius 2 is 1.61 bits per heavy atom. The minimum atomic E-state index is -4.05. The molecule has 1 aliphatic carbocycles. The number of benzene rings is 2. The molecule has 2 aromatic carbocycles. The number of amides is 1. The molecular formula is C31H39F3N2O3S2. The highest BCUT2D eigenvalue weighted by Crippen LogP contribution is 2.36. The summed E-state index contributed by atoms with van der Waals surface area (Å²) in [7, 11) is -3.75. The Morgan fingerprint density at radius 3 is 2.29 bits per heavy atom. The molecule has 0 saturated heterocycles. The smallest absolute Gasteiger partial charge is 0.324 e. The maximum atomic E-state index is 13.1. The lowest BCUT2D eigenvalue weighted by Crippen LogP contribution is -2.46. The van der Waals surface area contributed by atoms with E-state index >= 15 is 0 Å². The lowest BCUT2D eigenvalue weighted by molar-refractivity contribution is -0.135. The van der Waals surface area contributed by atoms with Crippen molar-refractivity contribution in [2.45, 2.75) is 106 Å². The second kappa shape index (κ2) is 13.3. The lowest BCUT2D eigenvalue weighted by atomic mass is 10.0. The number of hydrogen-bond acceptors (Lipinski definition) is 5. The molecule has 10 heteroatoms. The van der Waals surface area contributed by atoms with Crippen molar-refractivity contribution in [3.63, 3.8) is 0 Å². The van der Waals surface area contributed by atoms with Gasteiger partial charge in [-0.15, -0.1) is 12.6 Å². The molecular weight excluding hydrogens is 569 g/mol. The molecule has 41 heavy (non-hydrogen) atoms. The number of aryl methyl sites for hydroxylation is 1. The zero-order valence-electron chi connectivity index (χ0n) is 23.5. The predicted molar refractivity (Wildman–Crippen MR) is 163 cm³/mol. The van der Waals surface area contributed by atoms with Gasteiger partial charge in [-0.1, -0.05) is 63.1 Å². The second-order valence-electron chi connectivity index (χ2n) is 11.4. The maximum Gasteiger partial charge on any atom is 0.389 e. The van der Waals surface area contributed by atoms with Crippen LogP contribution < -0.4 is 5.32 Å². The van der Waals surface area contributed by atoms with Crippen molar-refractivity contribution >= 4 is 55.9 Å². The number of carbonyl (C=O) groups is 1. The lowest BCUT2D eigenvalue weighted by Gasteiger charge is -2.26. The van der Waals surface area contributed by atoms with E-state index in [1.54, 1.807) is 12.1 Å². The molecule has 0 spiro atoms. The summed E-state index contributed by atoms with van der Waals surface area (Å²) in [6.07, 6.45) is 4.59. The summed E-state index contributed by atoms with van der Waals surface area (Å²) < 4.78 is 61.0. The monoisotopic (exact) mass is 608 g/mol. The van der Waals surface area contributed by atoms with Gasteiger partial charge in [-0.05, 0) is 68.9 Å². The highest BCUT2D eigenvalue weighted by atomic mass is 32.2. The molecule has 1 heterocycles. The van der Waals surface area contributed by atoms with E-state index in [1.165, 1.54) is 6.92 Å². The summed E-state index contributed by atoms with van der Waals surface area (Å²) in [4.78, 5) is 17.9. The van der Waals surface area contributed by atoms with E-state index in [-0.39, 0.29) is 6.42 Å². The Bertz CT molecular complexity index is 1470. The summed E-state index contributed by atoms with van der Waals surface area (Å²) in [6, 6.07) is 13.4. The first-order valence-electron chi connectivity index (χ1n) is 14.5. The number of pyridine rings is 1. The third-order valence-corrected chi connectivity index (χ3v) is 11.7. The summed E-state index contributed by atoms with van der Waals surface area (Å²) in [6.45, 7) is 1.36. The minimum absolute atomic E-state index is 0.212. The van der Waals surface area contributed by atoms with Crippen molar-refractivity contribution in [3.05, 3.63) is 48.0 Å². The number of halogens is 3. The van der Waals surface area contributed by atoms with Gasteiger partial charge in [-0.2, -0.15) is 13.2 Å². The van der Waals surface area contributed by atoms with Crippen LogP contribution >= 0.6 is 12.6 Å². The summed E-state index contributed by atoms with van der Waals surface area (Å²) in [5.74, 6) is -0.663. The van der Waals surface area contributed by atoms with Crippen LogP contribution in [0.2, 0.25) is 0 Å². The van der Waals surface area contributed by atoms with Crippen LogP contribution in [0.1, 0.15) is 89.5 Å². The SMILES string of the molecule is CC(S)(C(=O)Nc1ccc2nc3c(CCCCCCCCCC(F)(F)F)cccc3cc2c1)S(=O)(=O)C1CCCC1. The van der Waals surface area contributed by atoms with Crippen LogP contribution in [0.25, 0.3) is 21.8 Å². The third-order valence-electron chi connectivity index (χ3n) is 8.10. The number of aromatic nitrogens is 1. The topological polar surface area (TPSA) is 76.1 Å². The first-order chi connectivity index (χ1) is 19.4. The third kappa shape index (κ3) is 7.95. The van der Waals surface area contributed by atoms with Crippen LogP contribution in [-0.2, 0) is 21.1 Å². The van der Waals surface area contributed by atoms with Crippen LogP contribution in [0, 0.1) is 0 Å². The normalized spacial score (nSPS) is 16.3. The quantitative estimate of drug-likeness (QED) is 0.116. The van der Waals surface area contributed by atoms with Crippen molar-refractivity contribution in [1.29, 1.82) is 0 Å². The van der Waals surface area contributed by atoms with Crippen molar-refractivity contribution in [3.8, 4) is 0 Å². The van der Waals surface area contributed by atoms with Crippen LogP contribution in [0.5, 0.6) is 0 Å². The number of anilines is 1. The van der Waals surface area contributed by atoms with Gasteiger partial charge in [0.2, 0.25) is 0 Å². The Labute approximate surface area is 246 Å². The fourth-order valence-electron chi connectivity index (χ4n) is 5.63. The van der Waals surface area contributed by atoms with Gasteiger partial charge in [0.1, 0.15) is 0 Å². The number of para-hydroxylation sites is 1. The molecule has 3 aromatic rings. The van der Waals surface area contributed by atoms with Gasteiger partial charge in [0, 0.05) is 22.9 Å². The number of thiol groups is 1. The molecule has 1 N–H and O–H groups in total. The highest BCUT2D eigenvalue weighted by Gasteiger charge is 2.48. The minimum Gasteiger partial charge on any atom is -0.324 e. The number of hydrogen-bond donors (Lipinski definition) is 2. The Morgan fingerprint density at radius 1 is 0.951 bits per heavy atom. The molecule has 1 aliphatic rings. The Kier molecular flexibility index (Phi) is 10.3. The number of sulfone groups is 1. The Balaban J connectivity index is 1.36. The van der Waals surface area contributed by atoms with Crippen LogP contribution in [0.15, 0.2) is 42.5 Å². The van der Waals surface area contributed by atoms with Gasteiger partial charge in [0.05, 0.1) is 16.3 Å². The number of alkyl halides is 3. The summed E-state index contributed by atoms with van der Waals surface area (Å²) in [5.41, 5.74) is 3.33. The molecule has 1 amide bonds. The van der Waals surface area contributed by atoms with Gasteiger partial charge in [0.15, 0.2) is 13.9 Å². The number of unbranched alkanes of at least 4 members (excludes halogenated alkanes) is 6. The first kappa shape index (κ1) is 31.6. The molecule has 1 saturated carbocycles. The van der Waals surface area contributed by atoms with E-state index in [4.69, 9.17) is 4.98 Å². The molecule has 0 bridgehead atoms. The van der Waals surface area contributed by atoms with Crippen LogP contribution in [0.4, 0.5) is 18.9 Å². The van der Waals surface area contributed by atoms with Crippen LogP contribution in [-0.4, -0.2) is 34.8 Å². The van der Waals surface area contributed by atoms with E-state index in [0.29, 0.717) is 24.9 Å². The molecule has 1 atom stereocenters. The van der Waals surface area contributed by atoms with Gasteiger partial charge < -0.3 is 5.32 Å². The summed E-state index contributed by atoms with van der Waals surface area (Å²) >= 11 is 4.32. The number of carbonyl (C=O) groups excluding carboxylic acids is 1. The zero-order chi connectivity index (χ0) is 29.7. The number of nitrogens with zero attached hydrogens (tertiary/aromatic N) is 1. The molecule has 0 aliphatic heterocycles. The molecule has 1 aromatic heterocycles. The standard InChI is InChI=1S/C31H39F3N2O3S2/c1-30(40,41(38,39)26-15-8-9-16-26)29(37)35-25-17-18-27-24(21-25)20-23-14-11-13-22(28(23)36-27)12-7-5-3-2-4-6-10-19-31(32,33)34/h11,13-14,17-18,20-21,26,40H,2-10,12,15-16,19H2,1H3,(H,35,37). The Hall–Kier alpha value is -2.33. The van der Waals surface area contributed by atoms with Gasteiger partial charge in [-0.3, -0.25) is 4.79 Å². The number of fused-ring (bicyclic) bond motifs is 2. The summed E-state index contributed by atoms with van der Waals surface area (Å²) in [5, 5.41) is 4.03. The maximum absolute atomic E-state index is 13.1. The van der Waals surface area contributed by atoms with E-state index in [9.17, 15) is 26.4 Å². The fourth-order valence-corrected chi connectivity index (χ4v) is 8.04. The van der Waals surface area contributed by atoms with Gasteiger partial charge >= 0.3 is 6.18 Å². The van der Waals surface area contributed by atoms with Gasteiger partial charge in [0.25, 0.3) is 5.91 Å². The second-order valence-corrected chi connectivity index (χ2v) is 15.1. The van der Waals surface area contributed by atoms with Crippen LogP contribution in [0.3, 0.4) is 0 Å². The largest absolute Gasteiger partial charge is 0.389 e. The molecule has 224 valence electrons. The number of nitrogens with one attached hydrogen (secondary N) is 1. The molecule has 1 unspecified atom stereocenters. The molecule has 4 rings (SSSR count). The fraction of sp³-hybridized carbons (Fsp3) is 0.548. The van der Waals surface area contributed by atoms with E-state index in [2.05, 4.69) is 24.0 Å². The van der Waals surface area contributed by atoms with Gasteiger partial charge in [-0.25, -0.2) is 13.4 Å². The van der Waals surface area contributed by atoms with Crippen molar-refractivity contribution in [1.82, 2.24) is 4.98 Å². The first-order valence-corrected chi connectivity index (χ1v) is 16.5. The molecule has 1 fully saturated rings. The van der Waals surface area contributed by atoms with Crippen molar-refractivity contribution in [2.75, 3.05) is 5.32 Å². The molecule has 0 radical (unpaired) electrons. The van der Waals surface area contributed by atoms with E-state index in [1.807, 2.05) is 24.3 Å². The molecule has 5 nitrogen and oxygen atoms in total. The van der Waals surface area contributed by atoms with E-state index in [0.717, 1.165) is 78.7 Å². The average Bonchev–Trinajstić information content (AvgIpc) is 3.46. The predicted octanol–water partition coefficient (Wildman–Crippen LogP) is 8.56.